The molecule has 134 valence electrons. The van der Waals surface area contributed by atoms with E-state index in [1.54, 1.807) is 22.7 Å². The van der Waals surface area contributed by atoms with Gasteiger partial charge in [0, 0.05) is 24.4 Å². The number of hydrogen-bond acceptors (Lipinski definition) is 7. The van der Waals surface area contributed by atoms with Gasteiger partial charge in [0.1, 0.15) is 4.83 Å². The topological polar surface area (TPSA) is 58.1 Å². The summed E-state index contributed by atoms with van der Waals surface area (Å²) in [6.07, 6.45) is 0. The zero-order chi connectivity index (χ0) is 18.0. The quantitative estimate of drug-likeness (QED) is 0.630. The van der Waals surface area contributed by atoms with Crippen LogP contribution >= 0.6 is 34.0 Å². The van der Waals surface area contributed by atoms with Crippen molar-refractivity contribution in [1.29, 1.82) is 0 Å². The standard InChI is InChI=1S/C17H22N4OS3/c1-5-21(6-2)17-20-16-13(25-17)7-12(24-16)14(22)18-8-11-9-23-15(19-11)10(3)4/h7,9-10H,5-6,8H2,1-4H3,(H,18,22). The Labute approximate surface area is 159 Å². The maximum absolute atomic E-state index is 12.4. The van der Waals surface area contributed by atoms with Gasteiger partial charge in [-0.25, -0.2) is 9.97 Å². The molecule has 0 aliphatic carbocycles. The van der Waals surface area contributed by atoms with Crippen molar-refractivity contribution in [3.8, 4) is 0 Å². The van der Waals surface area contributed by atoms with E-state index in [0.29, 0.717) is 17.3 Å². The molecule has 0 saturated carbocycles. The van der Waals surface area contributed by atoms with Crippen molar-refractivity contribution in [3.63, 3.8) is 0 Å². The second kappa shape index (κ2) is 7.80. The number of rotatable bonds is 7. The second-order valence-electron chi connectivity index (χ2n) is 5.96. The summed E-state index contributed by atoms with van der Waals surface area (Å²) in [5, 5.41) is 7.11. The molecule has 1 N–H and O–H groups in total. The number of carbonyl (C=O) groups is 1. The van der Waals surface area contributed by atoms with Crippen molar-refractivity contribution in [2.75, 3.05) is 18.0 Å². The molecule has 0 aliphatic rings. The van der Waals surface area contributed by atoms with E-state index >= 15 is 0 Å². The zero-order valence-electron chi connectivity index (χ0n) is 14.8. The van der Waals surface area contributed by atoms with Gasteiger partial charge in [0.05, 0.1) is 26.8 Å². The highest BCUT2D eigenvalue weighted by molar-refractivity contribution is 7.29. The van der Waals surface area contributed by atoms with Crippen LogP contribution in [-0.2, 0) is 6.54 Å². The summed E-state index contributed by atoms with van der Waals surface area (Å²) in [6, 6.07) is 1.95. The van der Waals surface area contributed by atoms with Crippen molar-refractivity contribution in [2.24, 2.45) is 0 Å². The first kappa shape index (κ1) is 18.3. The van der Waals surface area contributed by atoms with Gasteiger partial charge < -0.3 is 10.2 Å². The average molecular weight is 395 g/mol. The fourth-order valence-electron chi connectivity index (χ4n) is 2.39. The highest BCUT2D eigenvalue weighted by Gasteiger charge is 2.16. The lowest BCUT2D eigenvalue weighted by Gasteiger charge is -2.16. The molecule has 0 atom stereocenters. The molecular formula is C17H22N4OS3. The molecule has 3 aromatic heterocycles. The van der Waals surface area contributed by atoms with Gasteiger partial charge in [-0.3, -0.25) is 4.79 Å². The minimum absolute atomic E-state index is 0.0568. The summed E-state index contributed by atoms with van der Waals surface area (Å²) in [7, 11) is 0. The molecule has 1 amide bonds. The molecule has 3 rings (SSSR count). The van der Waals surface area contributed by atoms with Crippen LogP contribution in [0.4, 0.5) is 5.13 Å². The van der Waals surface area contributed by atoms with Gasteiger partial charge in [0.15, 0.2) is 5.13 Å². The van der Waals surface area contributed by atoms with E-state index in [9.17, 15) is 4.79 Å². The first-order valence-corrected chi connectivity index (χ1v) is 10.9. The number of aromatic nitrogens is 2. The van der Waals surface area contributed by atoms with Gasteiger partial charge in [-0.2, -0.15) is 0 Å². The van der Waals surface area contributed by atoms with E-state index < -0.39 is 0 Å². The smallest absolute Gasteiger partial charge is 0.261 e. The highest BCUT2D eigenvalue weighted by Crippen LogP contribution is 2.34. The van der Waals surface area contributed by atoms with Gasteiger partial charge >= 0.3 is 0 Å². The number of fused-ring (bicyclic) bond motifs is 1. The molecular weight excluding hydrogens is 372 g/mol. The maximum atomic E-state index is 12.4. The third-order valence-electron chi connectivity index (χ3n) is 3.83. The average Bonchev–Trinajstić information content (AvgIpc) is 3.28. The summed E-state index contributed by atoms with van der Waals surface area (Å²) in [6.45, 7) is 10.8. The number of anilines is 1. The lowest BCUT2D eigenvalue weighted by Crippen LogP contribution is -2.22. The monoisotopic (exact) mass is 394 g/mol. The Hall–Kier alpha value is -1.51. The first-order valence-electron chi connectivity index (χ1n) is 8.39. The van der Waals surface area contributed by atoms with Gasteiger partial charge in [0.25, 0.3) is 5.91 Å². The second-order valence-corrected chi connectivity index (χ2v) is 8.89. The maximum Gasteiger partial charge on any atom is 0.261 e. The van der Waals surface area contributed by atoms with Crippen molar-refractivity contribution in [1.82, 2.24) is 15.3 Å². The lowest BCUT2D eigenvalue weighted by molar-refractivity contribution is 0.0954. The first-order chi connectivity index (χ1) is 12.0. The fraction of sp³-hybridized carbons (Fsp3) is 0.471. The third-order valence-corrected chi connectivity index (χ3v) is 7.24. The van der Waals surface area contributed by atoms with Gasteiger partial charge in [0.2, 0.25) is 0 Å². The van der Waals surface area contributed by atoms with Crippen molar-refractivity contribution in [3.05, 3.63) is 27.0 Å². The number of nitrogens with zero attached hydrogens (tertiary/aromatic N) is 3. The molecule has 0 radical (unpaired) electrons. The molecule has 0 bridgehead atoms. The van der Waals surface area contributed by atoms with Crippen molar-refractivity contribution >= 4 is 54.6 Å². The molecule has 25 heavy (non-hydrogen) atoms. The molecule has 0 aromatic carbocycles. The predicted octanol–water partition coefficient (Wildman–Crippen LogP) is 4.71. The van der Waals surface area contributed by atoms with Crippen LogP contribution in [0.5, 0.6) is 0 Å². The minimum atomic E-state index is -0.0568. The number of hydrogen-bond donors (Lipinski definition) is 1. The van der Waals surface area contributed by atoms with Crippen molar-refractivity contribution < 1.29 is 4.79 Å². The van der Waals surface area contributed by atoms with Gasteiger partial charge in [-0.1, -0.05) is 25.2 Å². The van der Waals surface area contributed by atoms with Crippen LogP contribution in [0.2, 0.25) is 0 Å². The lowest BCUT2D eigenvalue weighted by atomic mass is 10.2. The Bertz CT molecular complexity index is 829. The number of amides is 1. The molecule has 0 fully saturated rings. The van der Waals surface area contributed by atoms with Gasteiger partial charge in [-0.15, -0.1) is 22.7 Å². The Morgan fingerprint density at radius 1 is 1.24 bits per heavy atom. The third kappa shape index (κ3) is 4.02. The van der Waals surface area contributed by atoms with Crippen molar-refractivity contribution in [2.45, 2.75) is 40.2 Å². The molecule has 0 unspecified atom stereocenters. The Morgan fingerprint density at radius 3 is 2.60 bits per heavy atom. The summed E-state index contributed by atoms with van der Waals surface area (Å²) in [5.74, 6) is 0.364. The Balaban J connectivity index is 1.66. The number of carbonyl (C=O) groups excluding carboxylic acids is 1. The van der Waals surface area contributed by atoms with Crippen LogP contribution in [0.25, 0.3) is 9.53 Å². The van der Waals surface area contributed by atoms with E-state index in [1.165, 1.54) is 11.3 Å². The highest BCUT2D eigenvalue weighted by atomic mass is 32.1. The van der Waals surface area contributed by atoms with Crippen LogP contribution in [0.1, 0.15) is 54.0 Å². The number of thiophene rings is 1. The Kier molecular flexibility index (Phi) is 5.71. The molecule has 5 nitrogen and oxygen atoms in total. The number of thiazole rings is 2. The summed E-state index contributed by atoms with van der Waals surface area (Å²) in [5.41, 5.74) is 0.919. The van der Waals surface area contributed by atoms with Gasteiger partial charge in [-0.05, 0) is 19.9 Å². The molecule has 8 heteroatoms. The predicted molar refractivity (Wildman–Crippen MR) is 108 cm³/mol. The van der Waals surface area contributed by atoms with Crippen LogP contribution in [0, 0.1) is 0 Å². The normalized spacial score (nSPS) is 11.4. The van der Waals surface area contributed by atoms with Crippen LogP contribution < -0.4 is 10.2 Å². The van der Waals surface area contributed by atoms with Crippen LogP contribution in [0.15, 0.2) is 11.4 Å². The van der Waals surface area contributed by atoms with Crippen LogP contribution in [0.3, 0.4) is 0 Å². The van der Waals surface area contributed by atoms with Crippen LogP contribution in [-0.4, -0.2) is 29.0 Å². The Morgan fingerprint density at radius 2 is 2.00 bits per heavy atom. The summed E-state index contributed by atoms with van der Waals surface area (Å²) < 4.78 is 1.08. The minimum Gasteiger partial charge on any atom is -0.349 e. The molecule has 0 aliphatic heterocycles. The fourth-order valence-corrected chi connectivity index (χ4v) is 5.48. The molecule has 0 saturated heterocycles. The van der Waals surface area contributed by atoms with E-state index in [-0.39, 0.29) is 5.91 Å². The number of nitrogens with one attached hydrogen (secondary N) is 1. The molecule has 0 spiro atoms. The molecule has 3 heterocycles. The summed E-state index contributed by atoms with van der Waals surface area (Å²) >= 11 is 4.75. The largest absolute Gasteiger partial charge is 0.349 e. The van der Waals surface area contributed by atoms with E-state index in [0.717, 1.165) is 38.5 Å². The zero-order valence-corrected chi connectivity index (χ0v) is 17.3. The van der Waals surface area contributed by atoms with E-state index in [2.05, 4.69) is 47.9 Å². The molecule has 3 aromatic rings. The summed E-state index contributed by atoms with van der Waals surface area (Å²) in [4.78, 5) is 25.5. The van der Waals surface area contributed by atoms with E-state index in [1.807, 2.05) is 11.4 Å². The van der Waals surface area contributed by atoms with E-state index in [4.69, 9.17) is 0 Å². The SMILES string of the molecule is CCN(CC)c1nc2sc(C(=O)NCc3csc(C(C)C)n3)cc2s1.